The van der Waals surface area contributed by atoms with E-state index in [0.29, 0.717) is 6.04 Å². The van der Waals surface area contributed by atoms with Gasteiger partial charge in [0.05, 0.1) is 0 Å². The van der Waals surface area contributed by atoms with E-state index in [2.05, 4.69) is 55.3 Å². The van der Waals surface area contributed by atoms with E-state index in [9.17, 15) is 0 Å². The fourth-order valence-corrected chi connectivity index (χ4v) is 3.27. The smallest absolute Gasteiger partial charge is 0.120 e. The van der Waals surface area contributed by atoms with Gasteiger partial charge in [0.2, 0.25) is 0 Å². The number of benzene rings is 1. The lowest BCUT2D eigenvalue weighted by atomic mass is 9.98. The molecule has 0 amide bonds. The fourth-order valence-electron chi connectivity index (χ4n) is 3.27. The lowest BCUT2D eigenvalue weighted by molar-refractivity contribution is 0.130. The van der Waals surface area contributed by atoms with E-state index >= 15 is 0 Å². The number of halogens is 2. The van der Waals surface area contributed by atoms with Gasteiger partial charge in [-0.2, -0.15) is 0 Å². The highest BCUT2D eigenvalue weighted by Crippen LogP contribution is 2.40. The highest BCUT2D eigenvalue weighted by atomic mass is 35.5. The van der Waals surface area contributed by atoms with Crippen LogP contribution in [0.1, 0.15) is 51.6 Å². The standard InChI is InChI=1S/C19H30N2O.2ClH/c1-19(2,3)22-17-8-6-16(7-9-17)18(14-15-4-5-15)21-12-10-20-11-13-21;;/h6-9,15,18,20H,4-5,10-14H2,1-3H3;2*1H/t18-;;/m0../s1. The maximum Gasteiger partial charge on any atom is 0.120 e. The molecule has 24 heavy (non-hydrogen) atoms. The van der Waals surface area contributed by atoms with Crippen LogP contribution in [0.15, 0.2) is 24.3 Å². The summed E-state index contributed by atoms with van der Waals surface area (Å²) in [5.74, 6) is 1.92. The normalized spacial score (nSPS) is 19.8. The van der Waals surface area contributed by atoms with Crippen LogP contribution < -0.4 is 10.1 Å². The van der Waals surface area contributed by atoms with Crippen molar-refractivity contribution in [2.24, 2.45) is 5.92 Å². The first-order chi connectivity index (χ1) is 10.5. The van der Waals surface area contributed by atoms with Gasteiger partial charge < -0.3 is 10.1 Å². The van der Waals surface area contributed by atoms with E-state index in [1.54, 1.807) is 0 Å². The predicted molar refractivity (Wildman–Crippen MR) is 106 cm³/mol. The Kier molecular flexibility index (Phi) is 8.34. The third-order valence-corrected chi connectivity index (χ3v) is 4.53. The second-order valence-electron chi connectivity index (χ2n) is 7.76. The first kappa shape index (κ1) is 21.6. The monoisotopic (exact) mass is 374 g/mol. The van der Waals surface area contributed by atoms with Crippen LogP contribution in [-0.4, -0.2) is 36.7 Å². The molecule has 1 saturated heterocycles. The number of ether oxygens (including phenoxy) is 1. The van der Waals surface area contributed by atoms with Crippen molar-refractivity contribution in [2.75, 3.05) is 26.2 Å². The highest BCUT2D eigenvalue weighted by Gasteiger charge is 2.30. The molecule has 3 nitrogen and oxygen atoms in total. The van der Waals surface area contributed by atoms with Crippen LogP contribution in [0.3, 0.4) is 0 Å². The Balaban J connectivity index is 0.00000144. The van der Waals surface area contributed by atoms with Gasteiger partial charge in [-0.3, -0.25) is 4.90 Å². The van der Waals surface area contributed by atoms with Gasteiger partial charge in [0.1, 0.15) is 11.4 Å². The Labute approximate surface area is 159 Å². The van der Waals surface area contributed by atoms with Gasteiger partial charge in [-0.15, -0.1) is 24.8 Å². The van der Waals surface area contributed by atoms with Gasteiger partial charge >= 0.3 is 0 Å². The van der Waals surface area contributed by atoms with Crippen LogP contribution in [0, 0.1) is 5.92 Å². The van der Waals surface area contributed by atoms with Crippen molar-refractivity contribution in [2.45, 2.75) is 51.7 Å². The maximum atomic E-state index is 5.95. The summed E-state index contributed by atoms with van der Waals surface area (Å²) in [5, 5.41) is 3.46. The molecule has 1 aliphatic heterocycles. The minimum atomic E-state index is -0.131. The second kappa shape index (κ2) is 9.28. The second-order valence-corrected chi connectivity index (χ2v) is 7.76. The molecule has 0 bridgehead atoms. The van der Waals surface area contributed by atoms with Crippen molar-refractivity contribution in [3.8, 4) is 5.75 Å². The summed E-state index contributed by atoms with van der Waals surface area (Å²) < 4.78 is 5.95. The van der Waals surface area contributed by atoms with Crippen molar-refractivity contribution < 1.29 is 4.74 Å². The lowest BCUT2D eigenvalue weighted by Gasteiger charge is -2.35. The van der Waals surface area contributed by atoms with Crippen LogP contribution in [0.4, 0.5) is 0 Å². The zero-order valence-electron chi connectivity index (χ0n) is 15.1. The van der Waals surface area contributed by atoms with E-state index in [0.717, 1.165) is 37.8 Å². The Morgan fingerprint density at radius 1 is 1.08 bits per heavy atom. The summed E-state index contributed by atoms with van der Waals surface area (Å²) >= 11 is 0. The minimum Gasteiger partial charge on any atom is -0.488 e. The fraction of sp³-hybridized carbons (Fsp3) is 0.684. The van der Waals surface area contributed by atoms with E-state index < -0.39 is 0 Å². The molecule has 0 radical (unpaired) electrons. The molecule has 3 rings (SSSR count). The Morgan fingerprint density at radius 3 is 2.17 bits per heavy atom. The molecule has 0 unspecified atom stereocenters. The predicted octanol–water partition coefficient (Wildman–Crippen LogP) is 4.45. The number of rotatable bonds is 5. The van der Waals surface area contributed by atoms with Crippen molar-refractivity contribution in [1.82, 2.24) is 10.2 Å². The number of hydrogen-bond donors (Lipinski definition) is 1. The molecule has 1 heterocycles. The van der Waals surface area contributed by atoms with Crippen LogP contribution in [0.2, 0.25) is 0 Å². The number of hydrogen-bond acceptors (Lipinski definition) is 3. The third-order valence-electron chi connectivity index (χ3n) is 4.53. The summed E-state index contributed by atoms with van der Waals surface area (Å²) in [6.45, 7) is 10.8. The SMILES string of the molecule is CC(C)(C)Oc1ccc([C@H](CC2CC2)N2CCNCC2)cc1.Cl.Cl. The van der Waals surface area contributed by atoms with Crippen molar-refractivity contribution >= 4 is 24.8 Å². The summed E-state index contributed by atoms with van der Waals surface area (Å²) in [6, 6.07) is 9.41. The topological polar surface area (TPSA) is 24.5 Å². The van der Waals surface area contributed by atoms with E-state index in [1.807, 2.05) is 0 Å². The third kappa shape index (κ3) is 6.44. The number of piperazine rings is 1. The summed E-state index contributed by atoms with van der Waals surface area (Å²) in [6.07, 6.45) is 4.17. The van der Waals surface area contributed by atoms with Gasteiger partial charge in [0.15, 0.2) is 0 Å². The Bertz CT molecular complexity index is 477. The Morgan fingerprint density at radius 2 is 1.67 bits per heavy atom. The molecule has 0 aromatic heterocycles. The molecule has 1 aromatic carbocycles. The van der Waals surface area contributed by atoms with E-state index in [4.69, 9.17) is 4.74 Å². The van der Waals surface area contributed by atoms with Crippen LogP contribution >= 0.6 is 24.8 Å². The Hall–Kier alpha value is -0.480. The first-order valence-corrected chi connectivity index (χ1v) is 8.75. The average Bonchev–Trinajstić information content (AvgIpc) is 3.29. The van der Waals surface area contributed by atoms with Crippen molar-refractivity contribution in [3.05, 3.63) is 29.8 Å². The molecule has 2 aliphatic rings. The van der Waals surface area contributed by atoms with E-state index in [1.165, 1.54) is 24.8 Å². The molecule has 5 heteroatoms. The quantitative estimate of drug-likeness (QED) is 0.823. The summed E-state index contributed by atoms with van der Waals surface area (Å²) in [5.41, 5.74) is 1.32. The van der Waals surface area contributed by atoms with Crippen LogP contribution in [-0.2, 0) is 0 Å². The van der Waals surface area contributed by atoms with E-state index in [-0.39, 0.29) is 30.4 Å². The molecular formula is C19H32Cl2N2O. The lowest BCUT2D eigenvalue weighted by Crippen LogP contribution is -2.45. The molecule has 1 aromatic rings. The van der Waals surface area contributed by atoms with Gasteiger partial charge in [0, 0.05) is 32.2 Å². The average molecular weight is 375 g/mol. The largest absolute Gasteiger partial charge is 0.488 e. The molecule has 2 fully saturated rings. The van der Waals surface area contributed by atoms with Gasteiger partial charge in [-0.1, -0.05) is 25.0 Å². The minimum absolute atomic E-state index is 0. The van der Waals surface area contributed by atoms with Gasteiger partial charge in [0.25, 0.3) is 0 Å². The first-order valence-electron chi connectivity index (χ1n) is 8.75. The van der Waals surface area contributed by atoms with Crippen LogP contribution in [0.5, 0.6) is 5.75 Å². The number of nitrogens with one attached hydrogen (secondary N) is 1. The molecule has 1 atom stereocenters. The molecule has 0 spiro atoms. The maximum absolute atomic E-state index is 5.95. The van der Waals surface area contributed by atoms with Gasteiger partial charge in [-0.25, -0.2) is 0 Å². The molecule has 1 N–H and O–H groups in total. The highest BCUT2D eigenvalue weighted by molar-refractivity contribution is 5.85. The zero-order chi connectivity index (χ0) is 15.6. The summed E-state index contributed by atoms with van der Waals surface area (Å²) in [4.78, 5) is 2.66. The molecule has 138 valence electrons. The van der Waals surface area contributed by atoms with Crippen LogP contribution in [0.25, 0.3) is 0 Å². The zero-order valence-corrected chi connectivity index (χ0v) is 16.7. The van der Waals surface area contributed by atoms with Crippen molar-refractivity contribution in [3.63, 3.8) is 0 Å². The van der Waals surface area contributed by atoms with Gasteiger partial charge in [-0.05, 0) is 50.8 Å². The molecule has 1 aliphatic carbocycles. The van der Waals surface area contributed by atoms with Crippen molar-refractivity contribution in [1.29, 1.82) is 0 Å². The molecule has 1 saturated carbocycles. The molecular weight excluding hydrogens is 343 g/mol. The summed E-state index contributed by atoms with van der Waals surface area (Å²) in [7, 11) is 0. The number of nitrogens with zero attached hydrogens (tertiary/aromatic N) is 1.